The molecule has 6 heteroatoms. The Morgan fingerprint density at radius 1 is 1.19 bits per heavy atom. The number of carbonyl (C=O) groups is 1. The zero-order valence-corrected chi connectivity index (χ0v) is 18.5. The lowest BCUT2D eigenvalue weighted by Gasteiger charge is -2.21. The quantitative estimate of drug-likeness (QED) is 0.416. The van der Waals surface area contributed by atoms with Crippen LogP contribution in [0.25, 0.3) is 11.0 Å². The third-order valence-corrected chi connectivity index (χ3v) is 5.80. The van der Waals surface area contributed by atoms with E-state index in [-0.39, 0.29) is 0 Å². The number of likely N-dealkylation sites (N-methyl/N-ethyl adjacent to an activating group) is 1. The molecule has 0 saturated carbocycles. The van der Waals surface area contributed by atoms with Crippen molar-refractivity contribution in [3.8, 4) is 6.07 Å². The van der Waals surface area contributed by atoms with Gasteiger partial charge in [0.2, 0.25) is 0 Å². The number of anilines is 1. The number of carbonyl (C=O) groups excluding carboxylic acids is 1. The number of nitriles is 1. The largest absolute Gasteiger partial charge is 0.373 e. The van der Waals surface area contributed by atoms with Gasteiger partial charge in [-0.05, 0) is 66.3 Å². The van der Waals surface area contributed by atoms with E-state index in [1.807, 2.05) is 56.8 Å². The van der Waals surface area contributed by atoms with Gasteiger partial charge in [-0.3, -0.25) is 9.48 Å². The summed E-state index contributed by atoms with van der Waals surface area (Å²) in [5, 5.41) is 14.7. The van der Waals surface area contributed by atoms with Crippen LogP contribution in [0.4, 0.5) is 5.69 Å². The van der Waals surface area contributed by atoms with E-state index in [0.717, 1.165) is 45.3 Å². The number of rotatable bonds is 7. The lowest BCUT2D eigenvalue weighted by Crippen LogP contribution is -2.21. The van der Waals surface area contributed by atoms with Gasteiger partial charge in [0.15, 0.2) is 5.65 Å². The molecule has 2 heterocycles. The van der Waals surface area contributed by atoms with Crippen molar-refractivity contribution >= 4 is 23.0 Å². The van der Waals surface area contributed by atoms with Gasteiger partial charge >= 0.3 is 0 Å². The molecule has 0 aliphatic carbocycles. The molecule has 0 N–H and O–H groups in total. The third-order valence-electron chi connectivity index (χ3n) is 5.80. The van der Waals surface area contributed by atoms with Crippen molar-refractivity contribution < 1.29 is 4.79 Å². The summed E-state index contributed by atoms with van der Waals surface area (Å²) >= 11 is 0. The molecule has 32 heavy (non-hydrogen) atoms. The maximum atomic E-state index is 11.9. The molecule has 0 radical (unpaired) electrons. The number of hydrogen-bond donors (Lipinski definition) is 0. The molecule has 0 atom stereocenters. The molecule has 0 unspecified atom stereocenters. The van der Waals surface area contributed by atoms with Crippen LogP contribution in [-0.4, -0.2) is 34.6 Å². The van der Waals surface area contributed by atoms with Crippen molar-refractivity contribution in [1.29, 1.82) is 5.26 Å². The number of para-hydroxylation sites is 1. The minimum atomic E-state index is 0.649. The van der Waals surface area contributed by atoms with Crippen LogP contribution in [0.2, 0.25) is 0 Å². The highest BCUT2D eigenvalue weighted by molar-refractivity contribution is 5.78. The molecule has 4 aromatic rings. The Labute approximate surface area is 187 Å². The lowest BCUT2D eigenvalue weighted by atomic mass is 9.94. The summed E-state index contributed by atoms with van der Waals surface area (Å²) in [5.74, 6) is 0. The standard InChI is InChI=1S/C26H25N5O/c1-18-10-20(8-9-30(2)25-7-5-4-6-21(25)14-27)24(17-32)13-22(18)11-19-12-23-16-31(3)29-26(23)28-15-19/h4-7,10,12-13,15-17H,8-9,11H2,1-3H3. The first-order chi connectivity index (χ1) is 15.5. The van der Waals surface area contributed by atoms with Crippen LogP contribution in [0.3, 0.4) is 0 Å². The van der Waals surface area contributed by atoms with Crippen LogP contribution in [0.1, 0.15) is 38.2 Å². The highest BCUT2D eigenvalue weighted by atomic mass is 16.1. The Kier molecular flexibility index (Phi) is 6.00. The summed E-state index contributed by atoms with van der Waals surface area (Å²) in [5.41, 5.74) is 7.36. The molecule has 4 rings (SSSR count). The minimum Gasteiger partial charge on any atom is -0.373 e. The highest BCUT2D eigenvalue weighted by Gasteiger charge is 2.12. The fourth-order valence-electron chi connectivity index (χ4n) is 4.05. The van der Waals surface area contributed by atoms with Crippen molar-refractivity contribution in [3.05, 3.63) is 88.2 Å². The van der Waals surface area contributed by atoms with Gasteiger partial charge in [-0.1, -0.05) is 18.2 Å². The zero-order chi connectivity index (χ0) is 22.7. The van der Waals surface area contributed by atoms with Crippen LogP contribution in [0.15, 0.2) is 54.9 Å². The summed E-state index contributed by atoms with van der Waals surface area (Å²) in [6, 6.07) is 16.0. The SMILES string of the molecule is Cc1cc(CCN(C)c2ccccc2C#N)c(C=O)cc1Cc1cnc2nn(C)cc2c1. The normalized spacial score (nSPS) is 10.8. The number of aromatic nitrogens is 3. The highest BCUT2D eigenvalue weighted by Crippen LogP contribution is 2.23. The van der Waals surface area contributed by atoms with Crippen LogP contribution >= 0.6 is 0 Å². The van der Waals surface area contributed by atoms with E-state index in [1.54, 1.807) is 4.68 Å². The van der Waals surface area contributed by atoms with Crippen molar-refractivity contribution in [3.63, 3.8) is 0 Å². The second-order valence-corrected chi connectivity index (χ2v) is 8.13. The third kappa shape index (κ3) is 4.37. The molecular formula is C26H25N5O. The zero-order valence-electron chi connectivity index (χ0n) is 18.5. The summed E-state index contributed by atoms with van der Waals surface area (Å²) in [4.78, 5) is 18.4. The van der Waals surface area contributed by atoms with Crippen LogP contribution in [0.5, 0.6) is 0 Å². The monoisotopic (exact) mass is 423 g/mol. The fourth-order valence-corrected chi connectivity index (χ4v) is 4.05. The van der Waals surface area contributed by atoms with Gasteiger partial charge in [0.1, 0.15) is 12.4 Å². The second kappa shape index (κ2) is 9.03. The summed E-state index contributed by atoms with van der Waals surface area (Å²) < 4.78 is 1.76. The average Bonchev–Trinajstić information content (AvgIpc) is 3.18. The molecular weight excluding hydrogens is 398 g/mol. The molecule has 6 nitrogen and oxygen atoms in total. The summed E-state index contributed by atoms with van der Waals surface area (Å²) in [6.07, 6.45) is 6.17. The Morgan fingerprint density at radius 3 is 2.78 bits per heavy atom. The number of aryl methyl sites for hydroxylation is 2. The number of pyridine rings is 1. The first-order valence-corrected chi connectivity index (χ1v) is 10.5. The number of fused-ring (bicyclic) bond motifs is 1. The Morgan fingerprint density at radius 2 is 2.00 bits per heavy atom. The Bertz CT molecular complexity index is 1330. The topological polar surface area (TPSA) is 74.8 Å². The van der Waals surface area contributed by atoms with E-state index in [2.05, 4.69) is 40.1 Å². The van der Waals surface area contributed by atoms with Crippen LogP contribution in [0, 0.1) is 18.3 Å². The van der Waals surface area contributed by atoms with E-state index in [0.29, 0.717) is 30.5 Å². The maximum Gasteiger partial charge on any atom is 0.181 e. The van der Waals surface area contributed by atoms with E-state index in [4.69, 9.17) is 0 Å². The Hall–Kier alpha value is -3.98. The molecule has 0 aliphatic rings. The predicted octanol–water partition coefficient (Wildman–Crippen LogP) is 4.23. The van der Waals surface area contributed by atoms with Crippen molar-refractivity contribution in [1.82, 2.24) is 14.8 Å². The van der Waals surface area contributed by atoms with Gasteiger partial charge in [0.05, 0.1) is 11.3 Å². The second-order valence-electron chi connectivity index (χ2n) is 8.13. The van der Waals surface area contributed by atoms with Crippen molar-refractivity contribution in [2.45, 2.75) is 19.8 Å². The van der Waals surface area contributed by atoms with E-state index in [9.17, 15) is 10.1 Å². The molecule has 160 valence electrons. The summed E-state index contributed by atoms with van der Waals surface area (Å²) in [6.45, 7) is 2.79. The molecule has 2 aromatic heterocycles. The lowest BCUT2D eigenvalue weighted by molar-refractivity contribution is 0.112. The summed E-state index contributed by atoms with van der Waals surface area (Å²) in [7, 11) is 3.86. The molecule has 0 bridgehead atoms. The first kappa shape index (κ1) is 21.3. The minimum absolute atomic E-state index is 0.649. The van der Waals surface area contributed by atoms with Gasteiger partial charge in [-0.25, -0.2) is 4.98 Å². The molecule has 2 aromatic carbocycles. The van der Waals surface area contributed by atoms with Crippen LogP contribution < -0.4 is 4.90 Å². The molecule has 0 fully saturated rings. The maximum absolute atomic E-state index is 11.9. The molecule has 0 aliphatic heterocycles. The van der Waals surface area contributed by atoms with Crippen molar-refractivity contribution in [2.75, 3.05) is 18.5 Å². The first-order valence-electron chi connectivity index (χ1n) is 10.5. The molecule has 0 spiro atoms. The van der Waals surface area contributed by atoms with Gasteiger partial charge in [-0.2, -0.15) is 10.4 Å². The van der Waals surface area contributed by atoms with Crippen molar-refractivity contribution in [2.24, 2.45) is 7.05 Å². The molecule has 0 saturated heterocycles. The van der Waals surface area contributed by atoms with Gasteiger partial charge in [0, 0.05) is 44.0 Å². The fraction of sp³-hybridized carbons (Fsp3) is 0.231. The smallest absolute Gasteiger partial charge is 0.181 e. The van der Waals surface area contributed by atoms with Gasteiger partial charge in [0.25, 0.3) is 0 Å². The van der Waals surface area contributed by atoms with E-state index < -0.39 is 0 Å². The number of aldehydes is 1. The average molecular weight is 424 g/mol. The van der Waals surface area contributed by atoms with Crippen LogP contribution in [-0.2, 0) is 19.9 Å². The number of nitrogens with zero attached hydrogens (tertiary/aromatic N) is 5. The Balaban J connectivity index is 1.53. The predicted molar refractivity (Wildman–Crippen MR) is 126 cm³/mol. The molecule has 0 amide bonds. The van der Waals surface area contributed by atoms with E-state index in [1.165, 1.54) is 0 Å². The van der Waals surface area contributed by atoms with Gasteiger partial charge in [-0.15, -0.1) is 0 Å². The number of benzene rings is 2. The van der Waals surface area contributed by atoms with E-state index >= 15 is 0 Å². The number of hydrogen-bond acceptors (Lipinski definition) is 5. The van der Waals surface area contributed by atoms with Gasteiger partial charge < -0.3 is 4.90 Å².